The van der Waals surface area contributed by atoms with Gasteiger partial charge in [-0.05, 0) is 27.2 Å². The number of hydrogen-bond acceptors (Lipinski definition) is 5. The van der Waals surface area contributed by atoms with Crippen molar-refractivity contribution in [2.24, 2.45) is 5.73 Å². The second-order valence-corrected chi connectivity index (χ2v) is 6.02. The first-order valence-electron chi connectivity index (χ1n) is 6.74. The first-order chi connectivity index (χ1) is 9.69. The molecule has 0 heterocycles. The topological polar surface area (TPSA) is 111 Å². The van der Waals surface area contributed by atoms with E-state index in [4.69, 9.17) is 10.5 Å². The Kier molecular flexibility index (Phi) is 9.19. The number of alkyl halides is 1. The zero-order valence-electron chi connectivity index (χ0n) is 12.7. The molecular formula is C13H24BrN3O4. The maximum absolute atomic E-state index is 11.9. The third-order valence-corrected chi connectivity index (χ3v) is 2.78. The molecule has 0 aliphatic heterocycles. The second kappa shape index (κ2) is 9.73. The third-order valence-electron chi connectivity index (χ3n) is 2.27. The number of esters is 1. The molecule has 0 radical (unpaired) electrons. The number of amides is 2. The number of carbonyl (C=O) groups is 3. The molecule has 0 aromatic heterocycles. The van der Waals surface area contributed by atoms with E-state index in [0.717, 1.165) is 0 Å². The highest BCUT2D eigenvalue weighted by Gasteiger charge is 2.23. The standard InChI is InChI=1S/C13H24BrN3O4/c1-13(2,3)21-11(19)5-4-9(17-10(18)8-14)12(20)16-7-6-15/h9H,4-8,15H2,1-3H3,(H,16,20)(H,17,18)/t9-/m1/s1. The average Bonchev–Trinajstić information content (AvgIpc) is 2.38. The molecule has 21 heavy (non-hydrogen) atoms. The Morgan fingerprint density at radius 3 is 2.38 bits per heavy atom. The Morgan fingerprint density at radius 2 is 1.90 bits per heavy atom. The highest BCUT2D eigenvalue weighted by molar-refractivity contribution is 9.09. The van der Waals surface area contributed by atoms with Gasteiger partial charge in [-0.25, -0.2) is 0 Å². The summed E-state index contributed by atoms with van der Waals surface area (Å²) in [6.45, 7) is 5.91. The third kappa shape index (κ3) is 10.3. The van der Waals surface area contributed by atoms with E-state index in [0.29, 0.717) is 13.1 Å². The molecule has 0 bridgehead atoms. The Hall–Kier alpha value is -1.15. The molecule has 0 fully saturated rings. The number of halogens is 1. The molecule has 0 aromatic rings. The summed E-state index contributed by atoms with van der Waals surface area (Å²) in [6, 6.07) is -0.783. The summed E-state index contributed by atoms with van der Waals surface area (Å²) in [5.74, 6) is -1.10. The summed E-state index contributed by atoms with van der Waals surface area (Å²) in [5, 5.41) is 5.22. The van der Waals surface area contributed by atoms with E-state index < -0.39 is 17.6 Å². The summed E-state index contributed by atoms with van der Waals surface area (Å²) in [6.07, 6.45) is 0.213. The van der Waals surface area contributed by atoms with E-state index in [1.54, 1.807) is 20.8 Å². The van der Waals surface area contributed by atoms with Crippen LogP contribution in [0.25, 0.3) is 0 Å². The lowest BCUT2D eigenvalue weighted by Crippen LogP contribution is -2.48. The summed E-state index contributed by atoms with van der Waals surface area (Å²) in [4.78, 5) is 35.0. The van der Waals surface area contributed by atoms with Gasteiger partial charge < -0.3 is 21.1 Å². The van der Waals surface area contributed by atoms with Crippen molar-refractivity contribution < 1.29 is 19.1 Å². The van der Waals surface area contributed by atoms with Crippen LogP contribution >= 0.6 is 15.9 Å². The fraction of sp³-hybridized carbons (Fsp3) is 0.769. The van der Waals surface area contributed by atoms with Crippen LogP contribution in [0.4, 0.5) is 0 Å². The highest BCUT2D eigenvalue weighted by Crippen LogP contribution is 2.10. The van der Waals surface area contributed by atoms with Gasteiger partial charge in [0.25, 0.3) is 0 Å². The molecule has 0 aliphatic carbocycles. The molecule has 0 saturated heterocycles. The van der Waals surface area contributed by atoms with Crippen molar-refractivity contribution in [3.05, 3.63) is 0 Å². The second-order valence-electron chi connectivity index (χ2n) is 5.46. The van der Waals surface area contributed by atoms with Crippen molar-refractivity contribution in [1.82, 2.24) is 10.6 Å². The molecule has 7 nitrogen and oxygen atoms in total. The average molecular weight is 366 g/mol. The molecular weight excluding hydrogens is 342 g/mol. The molecule has 8 heteroatoms. The van der Waals surface area contributed by atoms with Crippen molar-refractivity contribution in [3.8, 4) is 0 Å². The first-order valence-corrected chi connectivity index (χ1v) is 7.86. The van der Waals surface area contributed by atoms with Crippen molar-refractivity contribution in [2.75, 3.05) is 18.4 Å². The molecule has 0 aromatic carbocycles. The number of ether oxygens (including phenoxy) is 1. The highest BCUT2D eigenvalue weighted by atomic mass is 79.9. The summed E-state index contributed by atoms with van der Waals surface area (Å²) < 4.78 is 5.17. The van der Waals surface area contributed by atoms with Gasteiger partial charge in [-0.2, -0.15) is 0 Å². The molecule has 0 unspecified atom stereocenters. The zero-order chi connectivity index (χ0) is 16.5. The summed E-state index contributed by atoms with van der Waals surface area (Å²) in [5.41, 5.74) is 4.74. The lowest BCUT2D eigenvalue weighted by Gasteiger charge is -2.21. The number of hydrogen-bond donors (Lipinski definition) is 3. The van der Waals surface area contributed by atoms with Crippen LogP contribution in [0.3, 0.4) is 0 Å². The van der Waals surface area contributed by atoms with Gasteiger partial charge in [0.15, 0.2) is 0 Å². The largest absolute Gasteiger partial charge is 0.460 e. The summed E-state index contributed by atoms with van der Waals surface area (Å²) in [7, 11) is 0. The van der Waals surface area contributed by atoms with Crippen LogP contribution in [-0.2, 0) is 19.1 Å². The van der Waals surface area contributed by atoms with Gasteiger partial charge in [0.05, 0.1) is 5.33 Å². The molecule has 0 spiro atoms. The van der Waals surface area contributed by atoms with Crippen LogP contribution in [0, 0.1) is 0 Å². The van der Waals surface area contributed by atoms with Gasteiger partial charge in [0.1, 0.15) is 11.6 Å². The predicted octanol–water partition coefficient (Wildman–Crippen LogP) is 0.0629. The van der Waals surface area contributed by atoms with Crippen molar-refractivity contribution in [3.63, 3.8) is 0 Å². The van der Waals surface area contributed by atoms with Crippen molar-refractivity contribution >= 4 is 33.7 Å². The monoisotopic (exact) mass is 365 g/mol. The number of nitrogens with one attached hydrogen (secondary N) is 2. The molecule has 4 N–H and O–H groups in total. The van der Waals surface area contributed by atoms with Gasteiger partial charge in [-0.1, -0.05) is 15.9 Å². The van der Waals surface area contributed by atoms with Crippen molar-refractivity contribution in [1.29, 1.82) is 0 Å². The van der Waals surface area contributed by atoms with E-state index in [1.165, 1.54) is 0 Å². The maximum Gasteiger partial charge on any atom is 0.306 e. The smallest absolute Gasteiger partial charge is 0.306 e. The Morgan fingerprint density at radius 1 is 1.29 bits per heavy atom. The van der Waals surface area contributed by atoms with E-state index in [9.17, 15) is 14.4 Å². The van der Waals surface area contributed by atoms with Crippen LogP contribution in [0.5, 0.6) is 0 Å². The van der Waals surface area contributed by atoms with Gasteiger partial charge >= 0.3 is 5.97 Å². The maximum atomic E-state index is 11.9. The van der Waals surface area contributed by atoms with E-state index in [2.05, 4.69) is 26.6 Å². The van der Waals surface area contributed by atoms with Crippen LogP contribution in [0.1, 0.15) is 33.6 Å². The van der Waals surface area contributed by atoms with Crippen LogP contribution in [0.15, 0.2) is 0 Å². The molecule has 0 saturated carbocycles. The van der Waals surface area contributed by atoms with Gasteiger partial charge in [0, 0.05) is 19.5 Å². The van der Waals surface area contributed by atoms with Crippen molar-refractivity contribution in [2.45, 2.75) is 45.3 Å². The van der Waals surface area contributed by atoms with E-state index in [-0.39, 0.29) is 30.0 Å². The Balaban J connectivity index is 4.49. The SMILES string of the molecule is CC(C)(C)OC(=O)CC[C@@H](NC(=O)CBr)C(=O)NCCN. The number of carbonyl (C=O) groups excluding carboxylic acids is 3. The number of nitrogens with two attached hydrogens (primary N) is 1. The fourth-order valence-electron chi connectivity index (χ4n) is 1.48. The Labute approximate surface area is 133 Å². The van der Waals surface area contributed by atoms with Crippen LogP contribution in [0.2, 0.25) is 0 Å². The van der Waals surface area contributed by atoms with Crippen LogP contribution < -0.4 is 16.4 Å². The fourth-order valence-corrected chi connectivity index (χ4v) is 1.64. The van der Waals surface area contributed by atoms with E-state index in [1.807, 2.05) is 0 Å². The number of rotatable bonds is 8. The molecule has 2 amide bonds. The normalized spacial score (nSPS) is 12.4. The van der Waals surface area contributed by atoms with Gasteiger partial charge in [-0.3, -0.25) is 14.4 Å². The van der Waals surface area contributed by atoms with Gasteiger partial charge in [-0.15, -0.1) is 0 Å². The zero-order valence-corrected chi connectivity index (χ0v) is 14.3. The minimum absolute atomic E-state index is 0.0422. The predicted molar refractivity (Wildman–Crippen MR) is 82.9 cm³/mol. The molecule has 122 valence electrons. The van der Waals surface area contributed by atoms with Crippen LogP contribution in [-0.4, -0.2) is 47.8 Å². The first kappa shape index (κ1) is 19.9. The lowest BCUT2D eigenvalue weighted by molar-refractivity contribution is -0.155. The minimum atomic E-state index is -0.783. The molecule has 1 atom stereocenters. The minimum Gasteiger partial charge on any atom is -0.460 e. The van der Waals surface area contributed by atoms with E-state index >= 15 is 0 Å². The lowest BCUT2D eigenvalue weighted by atomic mass is 10.1. The molecule has 0 aliphatic rings. The quantitative estimate of drug-likeness (QED) is 0.416. The molecule has 0 rings (SSSR count). The summed E-state index contributed by atoms with van der Waals surface area (Å²) >= 11 is 3.01. The van der Waals surface area contributed by atoms with Gasteiger partial charge in [0.2, 0.25) is 11.8 Å². The Bertz CT molecular complexity index is 369.